The Morgan fingerprint density at radius 2 is 2.15 bits per heavy atom. The highest BCUT2D eigenvalue weighted by Crippen LogP contribution is 2.25. The Morgan fingerprint density at radius 1 is 1.45 bits per heavy atom. The van der Waals surface area contributed by atoms with E-state index in [4.69, 9.17) is 9.52 Å². The third-order valence-corrected chi connectivity index (χ3v) is 4.04. The van der Waals surface area contributed by atoms with Gasteiger partial charge in [-0.2, -0.15) is 0 Å². The third kappa shape index (κ3) is 2.71. The molecule has 1 saturated heterocycles. The van der Waals surface area contributed by atoms with Gasteiger partial charge >= 0.3 is 5.97 Å². The number of carbonyl (C=O) groups is 2. The van der Waals surface area contributed by atoms with Crippen LogP contribution in [0, 0.1) is 12.8 Å². The summed E-state index contributed by atoms with van der Waals surface area (Å²) < 4.78 is 5.58. The molecule has 1 aromatic heterocycles. The van der Waals surface area contributed by atoms with Crippen LogP contribution in [0.3, 0.4) is 0 Å². The Bertz CT molecular complexity index is 520. The summed E-state index contributed by atoms with van der Waals surface area (Å²) in [5, 5.41) is 9.12. The van der Waals surface area contributed by atoms with E-state index in [2.05, 4.69) is 0 Å². The van der Waals surface area contributed by atoms with Gasteiger partial charge in [0.05, 0.1) is 5.92 Å². The molecule has 2 heterocycles. The van der Waals surface area contributed by atoms with Crippen LogP contribution >= 0.6 is 0 Å². The number of likely N-dealkylation sites (tertiary alicyclic amines) is 1. The minimum atomic E-state index is -0.834. The molecule has 1 aromatic rings. The highest BCUT2D eigenvalue weighted by molar-refractivity contribution is 5.92. The first-order valence-electron chi connectivity index (χ1n) is 7.07. The number of aryl methyl sites for hydroxylation is 2. The van der Waals surface area contributed by atoms with Crippen molar-refractivity contribution in [2.24, 2.45) is 5.92 Å². The number of hydrogen-bond donors (Lipinski definition) is 1. The normalized spacial score (nSPS) is 22.9. The second kappa shape index (κ2) is 5.69. The first kappa shape index (κ1) is 14.6. The molecule has 0 aliphatic carbocycles. The maximum absolute atomic E-state index is 12.5. The summed E-state index contributed by atoms with van der Waals surface area (Å²) in [5.41, 5.74) is 0.968. The van der Waals surface area contributed by atoms with Crippen molar-refractivity contribution in [1.29, 1.82) is 0 Å². The van der Waals surface area contributed by atoms with Crippen molar-refractivity contribution in [3.05, 3.63) is 23.2 Å². The van der Waals surface area contributed by atoms with Crippen LogP contribution in [-0.2, 0) is 11.2 Å². The molecule has 1 aliphatic heterocycles. The lowest BCUT2D eigenvalue weighted by Gasteiger charge is -2.35. The zero-order valence-electron chi connectivity index (χ0n) is 12.2. The summed E-state index contributed by atoms with van der Waals surface area (Å²) in [6.07, 6.45) is 2.08. The van der Waals surface area contributed by atoms with Gasteiger partial charge in [0.25, 0.3) is 5.91 Å². The van der Waals surface area contributed by atoms with E-state index in [1.807, 2.05) is 20.8 Å². The standard InChI is InChI=1S/C15H21NO4/c1-4-12-9(2)7-13(20-12)14(17)16-8-11(15(18)19)6-5-10(16)3/h7,10-11H,4-6,8H2,1-3H3,(H,18,19). The van der Waals surface area contributed by atoms with Crippen molar-refractivity contribution in [2.45, 2.75) is 46.1 Å². The van der Waals surface area contributed by atoms with E-state index in [9.17, 15) is 9.59 Å². The minimum absolute atomic E-state index is 0.0496. The number of amides is 1. The van der Waals surface area contributed by atoms with Crippen molar-refractivity contribution >= 4 is 11.9 Å². The molecule has 20 heavy (non-hydrogen) atoms. The number of carboxylic acid groups (broad SMARTS) is 1. The average Bonchev–Trinajstić information content (AvgIpc) is 2.79. The molecule has 0 bridgehead atoms. The van der Waals surface area contributed by atoms with Crippen LogP contribution in [0.25, 0.3) is 0 Å². The molecule has 0 radical (unpaired) electrons. The number of furan rings is 1. The van der Waals surface area contributed by atoms with Crippen molar-refractivity contribution in [3.63, 3.8) is 0 Å². The summed E-state index contributed by atoms with van der Waals surface area (Å²) in [5.74, 6) is -0.382. The van der Waals surface area contributed by atoms with Gasteiger partial charge in [-0.15, -0.1) is 0 Å². The summed E-state index contributed by atoms with van der Waals surface area (Å²) >= 11 is 0. The van der Waals surface area contributed by atoms with Gasteiger partial charge in [-0.3, -0.25) is 9.59 Å². The number of nitrogens with zero attached hydrogens (tertiary/aromatic N) is 1. The van der Waals surface area contributed by atoms with Gasteiger partial charge in [0.2, 0.25) is 0 Å². The molecule has 0 saturated carbocycles. The first-order valence-corrected chi connectivity index (χ1v) is 7.07. The highest BCUT2D eigenvalue weighted by atomic mass is 16.4. The second-order valence-corrected chi connectivity index (χ2v) is 5.49. The fourth-order valence-corrected chi connectivity index (χ4v) is 2.71. The van der Waals surface area contributed by atoms with E-state index in [0.717, 1.165) is 17.7 Å². The SMILES string of the molecule is CCc1oc(C(=O)N2CC(C(=O)O)CCC2C)cc1C. The topological polar surface area (TPSA) is 70.8 Å². The molecule has 0 spiro atoms. The number of carboxylic acids is 1. The van der Waals surface area contributed by atoms with Crippen LogP contribution in [0.4, 0.5) is 0 Å². The van der Waals surface area contributed by atoms with E-state index in [1.54, 1.807) is 11.0 Å². The van der Waals surface area contributed by atoms with Crippen LogP contribution in [0.5, 0.6) is 0 Å². The largest absolute Gasteiger partial charge is 0.481 e. The number of rotatable bonds is 3. The zero-order chi connectivity index (χ0) is 14.9. The molecule has 1 aliphatic rings. The fraction of sp³-hybridized carbons (Fsp3) is 0.600. The van der Waals surface area contributed by atoms with Crippen molar-refractivity contribution in [2.75, 3.05) is 6.54 Å². The van der Waals surface area contributed by atoms with E-state index < -0.39 is 11.9 Å². The van der Waals surface area contributed by atoms with Gasteiger partial charge in [-0.25, -0.2) is 0 Å². The second-order valence-electron chi connectivity index (χ2n) is 5.49. The van der Waals surface area contributed by atoms with Crippen molar-refractivity contribution < 1.29 is 19.1 Å². The van der Waals surface area contributed by atoms with Crippen molar-refractivity contribution in [3.8, 4) is 0 Å². The molecule has 5 heteroatoms. The summed E-state index contributed by atoms with van der Waals surface area (Å²) in [7, 11) is 0. The average molecular weight is 279 g/mol. The maximum Gasteiger partial charge on any atom is 0.308 e. The van der Waals surface area contributed by atoms with Gasteiger partial charge in [0.15, 0.2) is 5.76 Å². The Morgan fingerprint density at radius 3 is 2.70 bits per heavy atom. The van der Waals surface area contributed by atoms with Gasteiger partial charge in [-0.1, -0.05) is 6.92 Å². The fourth-order valence-electron chi connectivity index (χ4n) is 2.71. The molecule has 1 N–H and O–H groups in total. The molecule has 2 unspecified atom stereocenters. The quantitative estimate of drug-likeness (QED) is 0.922. The first-order chi connectivity index (χ1) is 9.43. The summed E-state index contributed by atoms with van der Waals surface area (Å²) in [4.78, 5) is 25.2. The predicted octanol–water partition coefficient (Wildman–Crippen LogP) is 2.48. The van der Waals surface area contributed by atoms with Crippen LogP contribution in [0.15, 0.2) is 10.5 Å². The predicted molar refractivity (Wildman–Crippen MR) is 73.7 cm³/mol. The summed E-state index contributed by atoms with van der Waals surface area (Å²) in [6, 6.07) is 1.80. The molecule has 2 atom stereocenters. The molecular formula is C15H21NO4. The van der Waals surface area contributed by atoms with E-state index in [-0.39, 0.29) is 18.5 Å². The Kier molecular flexibility index (Phi) is 4.16. The molecule has 2 rings (SSSR count). The van der Waals surface area contributed by atoms with Gasteiger partial charge in [0, 0.05) is 19.0 Å². The van der Waals surface area contributed by atoms with Gasteiger partial charge in [-0.05, 0) is 38.3 Å². The third-order valence-electron chi connectivity index (χ3n) is 4.04. The lowest BCUT2D eigenvalue weighted by molar-refractivity contribution is -0.143. The Hall–Kier alpha value is -1.78. The Labute approximate surface area is 118 Å². The lowest BCUT2D eigenvalue weighted by Crippen LogP contribution is -2.47. The number of aliphatic carboxylic acids is 1. The summed E-state index contributed by atoms with van der Waals surface area (Å²) in [6.45, 7) is 6.10. The number of hydrogen-bond acceptors (Lipinski definition) is 3. The van der Waals surface area contributed by atoms with Crippen LogP contribution in [0.2, 0.25) is 0 Å². The minimum Gasteiger partial charge on any atom is -0.481 e. The molecule has 1 amide bonds. The van der Waals surface area contributed by atoms with Gasteiger partial charge in [0.1, 0.15) is 5.76 Å². The smallest absolute Gasteiger partial charge is 0.308 e. The van der Waals surface area contributed by atoms with E-state index >= 15 is 0 Å². The number of carbonyl (C=O) groups excluding carboxylic acids is 1. The maximum atomic E-state index is 12.5. The van der Waals surface area contributed by atoms with Gasteiger partial charge < -0.3 is 14.4 Å². The lowest BCUT2D eigenvalue weighted by atomic mass is 9.93. The molecule has 5 nitrogen and oxygen atoms in total. The zero-order valence-corrected chi connectivity index (χ0v) is 12.2. The Balaban J connectivity index is 2.19. The van der Waals surface area contributed by atoms with Crippen LogP contribution < -0.4 is 0 Å². The molecule has 110 valence electrons. The van der Waals surface area contributed by atoms with Crippen LogP contribution in [0.1, 0.15) is 48.6 Å². The van der Waals surface area contributed by atoms with Crippen molar-refractivity contribution in [1.82, 2.24) is 4.90 Å². The van der Waals surface area contributed by atoms with E-state index in [1.165, 1.54) is 0 Å². The van der Waals surface area contributed by atoms with Crippen LogP contribution in [-0.4, -0.2) is 34.5 Å². The highest BCUT2D eigenvalue weighted by Gasteiger charge is 2.34. The molecular weight excluding hydrogens is 258 g/mol. The van der Waals surface area contributed by atoms with E-state index in [0.29, 0.717) is 18.6 Å². The molecule has 1 fully saturated rings. The molecule has 0 aromatic carbocycles. The number of piperidine rings is 1. The monoisotopic (exact) mass is 279 g/mol.